The van der Waals surface area contributed by atoms with Gasteiger partial charge in [0.15, 0.2) is 0 Å². The summed E-state index contributed by atoms with van der Waals surface area (Å²) in [6.07, 6.45) is 0. The molecule has 19 heavy (non-hydrogen) atoms. The first-order valence-corrected chi connectivity index (χ1v) is 7.46. The Labute approximate surface area is 123 Å². The summed E-state index contributed by atoms with van der Waals surface area (Å²) in [5, 5.41) is 0. The van der Waals surface area contributed by atoms with Gasteiger partial charge in [-0.15, -0.1) is 11.3 Å². The van der Waals surface area contributed by atoms with Crippen molar-refractivity contribution in [2.75, 3.05) is 0 Å². The molecular formula is C14H13BrF2OS. The van der Waals surface area contributed by atoms with Crippen LogP contribution in [0.15, 0.2) is 30.3 Å². The normalized spacial score (nSPS) is 12.7. The van der Waals surface area contributed by atoms with Gasteiger partial charge in [-0.3, -0.25) is 0 Å². The minimum atomic E-state index is -2.80. The molecule has 1 aromatic carbocycles. The maximum atomic E-state index is 12.2. The zero-order chi connectivity index (χ0) is 14.0. The summed E-state index contributed by atoms with van der Waals surface area (Å²) < 4.78 is 28.8. The number of benzene rings is 1. The number of rotatable bonds is 4. The molecule has 0 saturated carbocycles. The van der Waals surface area contributed by atoms with Gasteiger partial charge in [-0.05, 0) is 43.2 Å². The first-order valence-electron chi connectivity index (χ1n) is 5.73. The van der Waals surface area contributed by atoms with Crippen molar-refractivity contribution in [1.29, 1.82) is 0 Å². The molecule has 1 unspecified atom stereocenters. The van der Waals surface area contributed by atoms with Gasteiger partial charge in [0.05, 0.1) is 4.83 Å². The average molecular weight is 347 g/mol. The summed E-state index contributed by atoms with van der Waals surface area (Å²) >= 11 is 5.33. The summed E-state index contributed by atoms with van der Waals surface area (Å²) in [6, 6.07) is 8.90. The van der Waals surface area contributed by atoms with Crippen molar-refractivity contribution >= 4 is 27.3 Å². The van der Waals surface area contributed by atoms with Gasteiger partial charge in [0.2, 0.25) is 0 Å². The quantitative estimate of drug-likeness (QED) is 0.668. The van der Waals surface area contributed by atoms with Crippen LogP contribution in [0.2, 0.25) is 0 Å². The molecule has 5 heteroatoms. The Morgan fingerprint density at radius 3 is 2.53 bits per heavy atom. The number of hydrogen-bond acceptors (Lipinski definition) is 2. The van der Waals surface area contributed by atoms with Crippen molar-refractivity contribution in [2.24, 2.45) is 0 Å². The van der Waals surface area contributed by atoms with Crippen LogP contribution in [0, 0.1) is 13.8 Å². The molecule has 1 heterocycles. The maximum Gasteiger partial charge on any atom is 0.387 e. The van der Waals surface area contributed by atoms with E-state index in [0.29, 0.717) is 0 Å². The van der Waals surface area contributed by atoms with Gasteiger partial charge in [0.1, 0.15) is 5.75 Å². The van der Waals surface area contributed by atoms with Crippen molar-refractivity contribution in [3.05, 3.63) is 51.2 Å². The highest BCUT2D eigenvalue weighted by Gasteiger charge is 2.16. The lowest BCUT2D eigenvalue weighted by Crippen LogP contribution is -2.02. The van der Waals surface area contributed by atoms with Crippen molar-refractivity contribution in [2.45, 2.75) is 25.3 Å². The highest BCUT2D eigenvalue weighted by molar-refractivity contribution is 9.09. The fourth-order valence-electron chi connectivity index (χ4n) is 1.91. The predicted molar refractivity (Wildman–Crippen MR) is 77.6 cm³/mol. The van der Waals surface area contributed by atoms with Gasteiger partial charge < -0.3 is 4.74 Å². The van der Waals surface area contributed by atoms with Crippen molar-refractivity contribution in [3.8, 4) is 5.75 Å². The van der Waals surface area contributed by atoms with Crippen molar-refractivity contribution in [1.82, 2.24) is 0 Å². The second-order valence-electron chi connectivity index (χ2n) is 4.22. The second kappa shape index (κ2) is 6.01. The third kappa shape index (κ3) is 3.54. The monoisotopic (exact) mass is 346 g/mol. The fourth-order valence-corrected chi connectivity index (χ4v) is 3.88. The Balaban J connectivity index is 2.28. The molecule has 2 rings (SSSR count). The molecule has 1 nitrogen and oxygen atoms in total. The lowest BCUT2D eigenvalue weighted by Gasteiger charge is -2.12. The molecule has 0 saturated heterocycles. The van der Waals surface area contributed by atoms with Gasteiger partial charge in [0, 0.05) is 9.75 Å². The van der Waals surface area contributed by atoms with Gasteiger partial charge in [-0.2, -0.15) is 8.78 Å². The number of alkyl halides is 3. The number of ether oxygens (including phenoxy) is 1. The van der Waals surface area contributed by atoms with E-state index in [2.05, 4.69) is 33.7 Å². The molecule has 1 aromatic heterocycles. The molecule has 0 aliphatic carbocycles. The number of halogens is 3. The molecule has 0 fully saturated rings. The van der Waals surface area contributed by atoms with E-state index in [4.69, 9.17) is 0 Å². The molecule has 0 bridgehead atoms. The summed E-state index contributed by atoms with van der Waals surface area (Å²) in [4.78, 5) is 2.41. The molecule has 0 spiro atoms. The van der Waals surface area contributed by atoms with Crippen LogP contribution in [0.5, 0.6) is 5.75 Å². The highest BCUT2D eigenvalue weighted by Crippen LogP contribution is 2.38. The van der Waals surface area contributed by atoms with Crippen LogP contribution in [0.4, 0.5) is 8.78 Å². The number of thiophene rings is 1. The van der Waals surface area contributed by atoms with Gasteiger partial charge in [-0.1, -0.05) is 28.1 Å². The summed E-state index contributed by atoms with van der Waals surface area (Å²) in [5.41, 5.74) is 2.10. The lowest BCUT2D eigenvalue weighted by atomic mass is 10.1. The van der Waals surface area contributed by atoms with Crippen LogP contribution in [0.1, 0.15) is 25.7 Å². The largest absolute Gasteiger partial charge is 0.435 e. The number of hydrogen-bond donors (Lipinski definition) is 0. The molecule has 0 amide bonds. The fraction of sp³-hybridized carbons (Fsp3) is 0.286. The first-order chi connectivity index (χ1) is 8.97. The highest BCUT2D eigenvalue weighted by atomic mass is 79.9. The third-order valence-electron chi connectivity index (χ3n) is 2.69. The standard InChI is InChI=1S/C14H13BrF2OS/c1-8-6-9(2)19-13(8)12(15)10-4-3-5-11(7-10)18-14(16)17/h3-7,12,14H,1-2H3. The maximum absolute atomic E-state index is 12.2. The topological polar surface area (TPSA) is 9.23 Å². The first kappa shape index (κ1) is 14.5. The molecule has 2 aromatic rings. The molecule has 0 aliphatic rings. The zero-order valence-corrected chi connectivity index (χ0v) is 12.9. The third-order valence-corrected chi connectivity index (χ3v) is 5.19. The molecule has 0 aliphatic heterocycles. The van der Waals surface area contributed by atoms with Crippen LogP contribution in [-0.2, 0) is 0 Å². The minimum Gasteiger partial charge on any atom is -0.435 e. The molecule has 102 valence electrons. The van der Waals surface area contributed by atoms with E-state index >= 15 is 0 Å². The molecule has 1 atom stereocenters. The Morgan fingerprint density at radius 2 is 1.95 bits per heavy atom. The SMILES string of the molecule is Cc1cc(C)c(C(Br)c2cccc(OC(F)F)c2)s1. The molecule has 0 radical (unpaired) electrons. The lowest BCUT2D eigenvalue weighted by molar-refractivity contribution is -0.0498. The Bertz CT molecular complexity index is 568. The van der Waals surface area contributed by atoms with E-state index in [-0.39, 0.29) is 10.6 Å². The minimum absolute atomic E-state index is 0.00702. The second-order valence-corrected chi connectivity index (χ2v) is 6.42. The van der Waals surface area contributed by atoms with Crippen molar-refractivity contribution in [3.63, 3.8) is 0 Å². The van der Waals surface area contributed by atoms with Crippen LogP contribution < -0.4 is 4.74 Å². The Kier molecular flexibility index (Phi) is 4.58. The van der Waals surface area contributed by atoms with Crippen LogP contribution >= 0.6 is 27.3 Å². The zero-order valence-electron chi connectivity index (χ0n) is 10.5. The summed E-state index contributed by atoms with van der Waals surface area (Å²) in [5.74, 6) is 0.183. The number of aryl methyl sites for hydroxylation is 2. The van der Waals surface area contributed by atoms with E-state index in [1.807, 2.05) is 13.0 Å². The van der Waals surface area contributed by atoms with Crippen LogP contribution in [-0.4, -0.2) is 6.61 Å². The predicted octanol–water partition coefficient (Wildman–Crippen LogP) is 5.45. The summed E-state index contributed by atoms with van der Waals surface area (Å²) in [6.45, 7) is 1.30. The average Bonchev–Trinajstić information content (AvgIpc) is 2.67. The van der Waals surface area contributed by atoms with Gasteiger partial charge in [-0.25, -0.2) is 0 Å². The van der Waals surface area contributed by atoms with Crippen molar-refractivity contribution < 1.29 is 13.5 Å². The van der Waals surface area contributed by atoms with Gasteiger partial charge in [0.25, 0.3) is 0 Å². The van der Waals surface area contributed by atoms with Crippen LogP contribution in [0.3, 0.4) is 0 Å². The Morgan fingerprint density at radius 1 is 1.21 bits per heavy atom. The Hall–Kier alpha value is -0.940. The van der Waals surface area contributed by atoms with E-state index in [0.717, 1.165) is 5.56 Å². The van der Waals surface area contributed by atoms with Gasteiger partial charge >= 0.3 is 6.61 Å². The van der Waals surface area contributed by atoms with E-state index in [9.17, 15) is 8.78 Å². The molecular weight excluding hydrogens is 334 g/mol. The van der Waals surface area contributed by atoms with Crippen LogP contribution in [0.25, 0.3) is 0 Å². The smallest absolute Gasteiger partial charge is 0.387 e. The molecule has 0 N–H and O–H groups in total. The van der Waals surface area contributed by atoms with E-state index < -0.39 is 6.61 Å². The summed E-state index contributed by atoms with van der Waals surface area (Å²) in [7, 11) is 0. The van der Waals surface area contributed by atoms with E-state index in [1.165, 1.54) is 21.4 Å². The van der Waals surface area contributed by atoms with E-state index in [1.54, 1.807) is 23.5 Å².